The summed E-state index contributed by atoms with van der Waals surface area (Å²) < 4.78 is 5.28. The number of ether oxygens (including phenoxy) is 1. The summed E-state index contributed by atoms with van der Waals surface area (Å²) in [7, 11) is 1.49. The van der Waals surface area contributed by atoms with Crippen molar-refractivity contribution in [3.63, 3.8) is 0 Å². The van der Waals surface area contributed by atoms with Gasteiger partial charge in [-0.15, -0.1) is 0 Å². The summed E-state index contributed by atoms with van der Waals surface area (Å²) in [6.45, 7) is 0.193. The van der Waals surface area contributed by atoms with E-state index in [0.717, 1.165) is 0 Å². The van der Waals surface area contributed by atoms with Crippen molar-refractivity contribution in [2.75, 3.05) is 23.9 Å². The molecule has 1 heterocycles. The van der Waals surface area contributed by atoms with E-state index in [0.29, 0.717) is 22.1 Å². The first-order valence-electron chi connectivity index (χ1n) is 8.15. The maximum atomic E-state index is 12.5. The van der Waals surface area contributed by atoms with Crippen LogP contribution in [0.15, 0.2) is 42.5 Å². The number of aromatic carboxylic acids is 1. The number of methoxy groups -OCH3 is 1. The molecule has 3 rings (SSSR count). The van der Waals surface area contributed by atoms with Crippen molar-refractivity contribution in [1.82, 2.24) is 0 Å². The molecule has 1 N–H and O–H groups in total. The number of nitrogens with one attached hydrogen (secondary N) is 1. The number of carbonyl (C=O) groups is 3. The van der Waals surface area contributed by atoms with Crippen LogP contribution in [0.5, 0.6) is 5.75 Å². The fourth-order valence-electron chi connectivity index (χ4n) is 2.92. The van der Waals surface area contributed by atoms with Crippen molar-refractivity contribution in [3.05, 3.63) is 53.1 Å². The van der Waals surface area contributed by atoms with Gasteiger partial charge in [0.2, 0.25) is 11.8 Å². The summed E-state index contributed by atoms with van der Waals surface area (Å²) in [5.41, 5.74) is 0.975. The molecule has 0 aliphatic carbocycles. The summed E-state index contributed by atoms with van der Waals surface area (Å²) in [5, 5.41) is 13.9. The van der Waals surface area contributed by atoms with E-state index in [2.05, 4.69) is 5.32 Å². The molecule has 27 heavy (non-hydrogen) atoms. The molecule has 0 bridgehead atoms. The van der Waals surface area contributed by atoms with Gasteiger partial charge in [0.05, 0.1) is 24.7 Å². The van der Waals surface area contributed by atoms with E-state index in [1.807, 2.05) is 0 Å². The number of halogens is 1. The summed E-state index contributed by atoms with van der Waals surface area (Å²) >= 11 is 6.02. The van der Waals surface area contributed by atoms with Crippen LogP contribution in [0.2, 0.25) is 5.02 Å². The highest BCUT2D eigenvalue weighted by Gasteiger charge is 2.36. The van der Waals surface area contributed by atoms with Crippen LogP contribution < -0.4 is 20.1 Å². The molecule has 1 aliphatic rings. The second-order valence-corrected chi connectivity index (χ2v) is 6.51. The SMILES string of the molecule is COc1ccc(Cl)cc1N1C[C@H](C(=O)Nc2ccc(C(=O)[O-])cc2)CC1=O. The highest BCUT2D eigenvalue weighted by molar-refractivity contribution is 6.31. The highest BCUT2D eigenvalue weighted by atomic mass is 35.5. The van der Waals surface area contributed by atoms with Gasteiger partial charge in [-0.2, -0.15) is 0 Å². The van der Waals surface area contributed by atoms with Crippen molar-refractivity contribution in [2.24, 2.45) is 5.92 Å². The Morgan fingerprint density at radius 3 is 2.56 bits per heavy atom. The van der Waals surface area contributed by atoms with Crippen LogP contribution in [-0.2, 0) is 9.59 Å². The number of anilines is 2. The molecule has 0 aromatic heterocycles. The number of benzene rings is 2. The molecule has 1 aliphatic heterocycles. The Hall–Kier alpha value is -3.06. The van der Waals surface area contributed by atoms with E-state index in [9.17, 15) is 19.5 Å². The molecule has 2 aromatic rings. The Bertz CT molecular complexity index is 897. The molecule has 7 nitrogen and oxygen atoms in total. The van der Waals surface area contributed by atoms with Crippen molar-refractivity contribution >= 4 is 40.8 Å². The molecule has 1 saturated heterocycles. The number of carboxylic acid groups (broad SMARTS) is 1. The monoisotopic (exact) mass is 387 g/mol. The van der Waals surface area contributed by atoms with Gasteiger partial charge in [0.15, 0.2) is 0 Å². The molecule has 1 fully saturated rings. The van der Waals surface area contributed by atoms with Crippen LogP contribution in [-0.4, -0.2) is 31.4 Å². The third kappa shape index (κ3) is 4.03. The number of hydrogen-bond donors (Lipinski definition) is 1. The molecule has 2 aromatic carbocycles. The minimum absolute atomic E-state index is 0.0169. The summed E-state index contributed by atoms with van der Waals surface area (Å²) in [4.78, 5) is 37.2. The number of carbonyl (C=O) groups excluding carboxylic acids is 3. The Morgan fingerprint density at radius 1 is 1.22 bits per heavy atom. The van der Waals surface area contributed by atoms with E-state index < -0.39 is 11.9 Å². The summed E-state index contributed by atoms with van der Waals surface area (Å²) in [5.74, 6) is -1.88. The fourth-order valence-corrected chi connectivity index (χ4v) is 3.09. The zero-order valence-electron chi connectivity index (χ0n) is 14.4. The van der Waals surface area contributed by atoms with Gasteiger partial charge in [-0.1, -0.05) is 23.7 Å². The van der Waals surface area contributed by atoms with Gasteiger partial charge in [0.25, 0.3) is 0 Å². The van der Waals surface area contributed by atoms with E-state index in [-0.39, 0.29) is 30.3 Å². The lowest BCUT2D eigenvalue weighted by atomic mass is 10.1. The van der Waals surface area contributed by atoms with Crippen molar-refractivity contribution in [3.8, 4) is 5.75 Å². The first-order valence-corrected chi connectivity index (χ1v) is 8.53. The van der Waals surface area contributed by atoms with E-state index in [4.69, 9.17) is 16.3 Å². The second-order valence-electron chi connectivity index (χ2n) is 6.08. The lowest BCUT2D eigenvalue weighted by Gasteiger charge is -2.20. The lowest BCUT2D eigenvalue weighted by molar-refractivity contribution is -0.255. The van der Waals surface area contributed by atoms with Gasteiger partial charge < -0.3 is 24.9 Å². The van der Waals surface area contributed by atoms with Crippen molar-refractivity contribution < 1.29 is 24.2 Å². The quantitative estimate of drug-likeness (QED) is 0.841. The van der Waals surface area contributed by atoms with Crippen LogP contribution >= 0.6 is 11.6 Å². The predicted molar refractivity (Wildman–Crippen MR) is 97.9 cm³/mol. The molecular formula is C19H16ClN2O5-. The molecule has 8 heteroatoms. The van der Waals surface area contributed by atoms with E-state index >= 15 is 0 Å². The third-order valence-electron chi connectivity index (χ3n) is 4.32. The number of rotatable bonds is 5. The first-order chi connectivity index (χ1) is 12.9. The van der Waals surface area contributed by atoms with Gasteiger partial charge in [-0.25, -0.2) is 0 Å². The number of nitrogens with zero attached hydrogens (tertiary/aromatic N) is 1. The Morgan fingerprint density at radius 2 is 1.93 bits per heavy atom. The standard InChI is InChI=1S/C19H17ClN2O5/c1-27-16-7-4-13(20)9-15(16)22-10-12(8-17(22)23)18(24)21-14-5-2-11(3-6-14)19(25)26/h2-7,9,12H,8,10H2,1H3,(H,21,24)(H,25,26)/p-1/t12-/m1/s1. The van der Waals surface area contributed by atoms with Gasteiger partial charge in [-0.3, -0.25) is 9.59 Å². The summed E-state index contributed by atoms with van der Waals surface area (Å²) in [6, 6.07) is 10.6. The predicted octanol–water partition coefficient (Wildman–Crippen LogP) is 1.70. The van der Waals surface area contributed by atoms with Gasteiger partial charge in [0.1, 0.15) is 5.75 Å². The molecule has 140 valence electrons. The van der Waals surface area contributed by atoms with Gasteiger partial charge in [-0.05, 0) is 35.9 Å². The van der Waals surface area contributed by atoms with Crippen LogP contribution in [0, 0.1) is 5.92 Å². The molecular weight excluding hydrogens is 372 g/mol. The van der Waals surface area contributed by atoms with Gasteiger partial charge >= 0.3 is 0 Å². The van der Waals surface area contributed by atoms with Gasteiger partial charge in [0, 0.05) is 23.7 Å². The first kappa shape index (κ1) is 18.7. The zero-order chi connectivity index (χ0) is 19.6. The van der Waals surface area contributed by atoms with E-state index in [1.54, 1.807) is 18.2 Å². The molecule has 1 atom stereocenters. The smallest absolute Gasteiger partial charge is 0.229 e. The maximum absolute atomic E-state index is 12.5. The Kier molecular flexibility index (Phi) is 5.32. The topological polar surface area (TPSA) is 98.8 Å². The second kappa shape index (κ2) is 7.67. The lowest BCUT2D eigenvalue weighted by Crippen LogP contribution is -2.28. The highest BCUT2D eigenvalue weighted by Crippen LogP contribution is 2.35. The van der Waals surface area contributed by atoms with Crippen LogP contribution in [0.3, 0.4) is 0 Å². The normalized spacial score (nSPS) is 16.3. The average molecular weight is 388 g/mol. The van der Waals surface area contributed by atoms with E-state index in [1.165, 1.54) is 36.3 Å². The van der Waals surface area contributed by atoms with Crippen LogP contribution in [0.25, 0.3) is 0 Å². The molecule has 0 saturated carbocycles. The summed E-state index contributed by atoms with van der Waals surface area (Å²) in [6.07, 6.45) is 0.0542. The Labute approximate surface area is 160 Å². The molecule has 2 amide bonds. The minimum atomic E-state index is -1.29. The number of hydrogen-bond acceptors (Lipinski definition) is 5. The van der Waals surface area contributed by atoms with Crippen molar-refractivity contribution in [1.29, 1.82) is 0 Å². The fraction of sp³-hybridized carbons (Fsp3) is 0.211. The zero-order valence-corrected chi connectivity index (χ0v) is 15.2. The largest absolute Gasteiger partial charge is 0.545 e. The maximum Gasteiger partial charge on any atom is 0.229 e. The molecule has 0 radical (unpaired) electrons. The average Bonchev–Trinajstić information content (AvgIpc) is 3.04. The molecule has 0 spiro atoms. The molecule has 0 unspecified atom stereocenters. The van der Waals surface area contributed by atoms with Crippen molar-refractivity contribution in [2.45, 2.75) is 6.42 Å². The minimum Gasteiger partial charge on any atom is -0.545 e. The number of carboxylic acids is 1. The van der Waals surface area contributed by atoms with Crippen LogP contribution in [0.1, 0.15) is 16.8 Å². The third-order valence-corrected chi connectivity index (χ3v) is 4.55. The van der Waals surface area contributed by atoms with Crippen LogP contribution in [0.4, 0.5) is 11.4 Å². The number of amides is 2. The Balaban J connectivity index is 1.72.